The van der Waals surface area contributed by atoms with Gasteiger partial charge in [0.05, 0.1) is 18.8 Å². The average Bonchev–Trinajstić information content (AvgIpc) is 3.63. The van der Waals surface area contributed by atoms with E-state index in [1.54, 1.807) is 37.1 Å². The van der Waals surface area contributed by atoms with Crippen LogP contribution in [-0.4, -0.2) is 80.6 Å². The highest BCUT2D eigenvalue weighted by Gasteiger charge is 2.43. The number of benzene rings is 1. The number of likely N-dealkylation sites (tertiary alicyclic amines) is 1. The number of aromatic nitrogens is 4. The number of fused-ring (bicyclic) bond motifs is 2. The number of amides is 1. The molecule has 0 bridgehead atoms. The van der Waals surface area contributed by atoms with E-state index in [0.29, 0.717) is 48.3 Å². The number of nitrogens with one attached hydrogen (secondary N) is 1. The number of alkyl halides is 2. The van der Waals surface area contributed by atoms with Crippen molar-refractivity contribution in [3.05, 3.63) is 46.9 Å². The fraction of sp³-hybridized carbons (Fsp3) is 0.629. The standard InChI is InChI=1S/C35H46F2N8O/c1-23(46)42-14-8-31-30(21-42)34(40-45(31)26-6-10-35(11-7-26)9-4-12-43(22-35)27-18-38-19-27)44-13-3-5-24-15-28(25-17-39-41(2)20-25)29(33(36)37)16-32(24)44/h15-17,20,26-27,33,38H,3-14,18-19,21-22H2,1-2H3. The van der Waals surface area contributed by atoms with Crippen LogP contribution >= 0.6 is 0 Å². The summed E-state index contributed by atoms with van der Waals surface area (Å²) in [5.74, 6) is 0.908. The second kappa shape index (κ2) is 11.7. The second-order valence-electron chi connectivity index (χ2n) is 14.5. The molecule has 4 aliphatic heterocycles. The molecule has 1 amide bonds. The summed E-state index contributed by atoms with van der Waals surface area (Å²) in [6.45, 7) is 8.26. The predicted molar refractivity (Wildman–Crippen MR) is 173 cm³/mol. The Bertz CT molecular complexity index is 1620. The number of carbonyl (C=O) groups excluding carboxylic acids is 1. The van der Waals surface area contributed by atoms with E-state index in [0.717, 1.165) is 67.8 Å². The molecule has 3 fully saturated rings. The maximum absolute atomic E-state index is 14.6. The van der Waals surface area contributed by atoms with Gasteiger partial charge in [-0.05, 0) is 86.6 Å². The van der Waals surface area contributed by atoms with Crippen molar-refractivity contribution in [2.45, 2.75) is 89.8 Å². The molecule has 1 saturated carbocycles. The van der Waals surface area contributed by atoms with Crippen molar-refractivity contribution in [1.29, 1.82) is 0 Å². The topological polar surface area (TPSA) is 74.5 Å². The molecular formula is C35H46F2N8O. The number of halogens is 2. The third-order valence-corrected chi connectivity index (χ3v) is 11.7. The van der Waals surface area contributed by atoms with Gasteiger partial charge >= 0.3 is 0 Å². The molecule has 8 rings (SSSR count). The van der Waals surface area contributed by atoms with Gasteiger partial charge in [-0.2, -0.15) is 10.2 Å². The molecule has 246 valence electrons. The van der Waals surface area contributed by atoms with Gasteiger partial charge in [0.1, 0.15) is 0 Å². The van der Waals surface area contributed by atoms with E-state index in [4.69, 9.17) is 5.10 Å². The van der Waals surface area contributed by atoms with Gasteiger partial charge in [0, 0.05) is 93.4 Å². The Morgan fingerprint density at radius 1 is 1.04 bits per heavy atom. The van der Waals surface area contributed by atoms with Crippen molar-refractivity contribution >= 4 is 17.4 Å². The van der Waals surface area contributed by atoms with Gasteiger partial charge in [-0.15, -0.1) is 0 Å². The van der Waals surface area contributed by atoms with E-state index in [1.165, 1.54) is 44.5 Å². The molecule has 9 nitrogen and oxygen atoms in total. The van der Waals surface area contributed by atoms with Crippen molar-refractivity contribution in [2.75, 3.05) is 44.2 Å². The van der Waals surface area contributed by atoms with Gasteiger partial charge in [-0.3, -0.25) is 19.1 Å². The number of anilines is 2. The van der Waals surface area contributed by atoms with Crippen LogP contribution in [0.15, 0.2) is 24.5 Å². The highest BCUT2D eigenvalue weighted by Crippen LogP contribution is 2.49. The van der Waals surface area contributed by atoms with Crippen LogP contribution in [0.3, 0.4) is 0 Å². The minimum Gasteiger partial charge on any atom is -0.338 e. The maximum Gasteiger partial charge on any atom is 0.264 e. The largest absolute Gasteiger partial charge is 0.338 e. The average molecular weight is 633 g/mol. The first-order chi connectivity index (χ1) is 22.3. The van der Waals surface area contributed by atoms with Crippen LogP contribution < -0.4 is 10.2 Å². The first kappa shape index (κ1) is 30.1. The van der Waals surface area contributed by atoms with Gasteiger partial charge < -0.3 is 15.1 Å². The van der Waals surface area contributed by atoms with Gasteiger partial charge in [0.15, 0.2) is 5.82 Å². The number of piperidine rings is 1. The van der Waals surface area contributed by atoms with E-state index in [2.05, 4.69) is 24.9 Å². The first-order valence-corrected chi connectivity index (χ1v) is 17.3. The van der Waals surface area contributed by atoms with Crippen LogP contribution in [-0.2, 0) is 31.2 Å². The van der Waals surface area contributed by atoms with Crippen LogP contribution in [0.1, 0.15) is 86.7 Å². The third-order valence-electron chi connectivity index (χ3n) is 11.7. The van der Waals surface area contributed by atoms with Crippen molar-refractivity contribution < 1.29 is 13.6 Å². The summed E-state index contributed by atoms with van der Waals surface area (Å²) >= 11 is 0. The van der Waals surface area contributed by atoms with E-state index in [-0.39, 0.29) is 11.5 Å². The quantitative estimate of drug-likeness (QED) is 0.408. The number of hydrogen-bond acceptors (Lipinski definition) is 6. The zero-order valence-electron chi connectivity index (χ0n) is 27.1. The molecule has 0 unspecified atom stereocenters. The molecule has 1 aromatic carbocycles. The number of aryl methyl sites for hydroxylation is 2. The van der Waals surface area contributed by atoms with Crippen molar-refractivity contribution in [1.82, 2.24) is 34.7 Å². The van der Waals surface area contributed by atoms with Crippen LogP contribution in [0.2, 0.25) is 0 Å². The molecule has 11 heteroatoms. The van der Waals surface area contributed by atoms with E-state index >= 15 is 0 Å². The van der Waals surface area contributed by atoms with Crippen LogP contribution in [0, 0.1) is 5.41 Å². The minimum atomic E-state index is -2.62. The number of nitrogens with zero attached hydrogens (tertiary/aromatic N) is 7. The number of carbonyl (C=O) groups is 1. The van der Waals surface area contributed by atoms with Gasteiger partial charge in [-0.1, -0.05) is 0 Å². The van der Waals surface area contributed by atoms with Gasteiger partial charge in [-0.25, -0.2) is 8.78 Å². The maximum atomic E-state index is 14.6. The van der Waals surface area contributed by atoms with Gasteiger partial charge in [0.25, 0.3) is 6.43 Å². The van der Waals surface area contributed by atoms with Gasteiger partial charge in [0.2, 0.25) is 5.91 Å². The molecule has 3 aromatic rings. The summed E-state index contributed by atoms with van der Waals surface area (Å²) < 4.78 is 33.2. The van der Waals surface area contributed by atoms with E-state index in [1.807, 2.05) is 11.0 Å². The lowest BCUT2D eigenvalue weighted by molar-refractivity contribution is -0.129. The van der Waals surface area contributed by atoms with Crippen molar-refractivity contribution in [2.24, 2.45) is 12.5 Å². The molecule has 6 heterocycles. The Labute approximate surface area is 269 Å². The molecule has 1 aliphatic carbocycles. The predicted octanol–water partition coefficient (Wildman–Crippen LogP) is 5.38. The summed E-state index contributed by atoms with van der Waals surface area (Å²) in [6.07, 6.45) is 10.6. The normalized spacial score (nSPS) is 25.5. The third kappa shape index (κ3) is 5.23. The summed E-state index contributed by atoms with van der Waals surface area (Å²) in [4.78, 5) is 19.4. The van der Waals surface area contributed by atoms with Crippen molar-refractivity contribution in [3.63, 3.8) is 0 Å². The summed E-state index contributed by atoms with van der Waals surface area (Å²) in [5.41, 5.74) is 5.88. The first-order valence-electron chi connectivity index (χ1n) is 17.3. The lowest BCUT2D eigenvalue weighted by Gasteiger charge is -2.51. The summed E-state index contributed by atoms with van der Waals surface area (Å²) in [7, 11) is 1.80. The van der Waals surface area contributed by atoms with Crippen LogP contribution in [0.4, 0.5) is 20.3 Å². The highest BCUT2D eigenvalue weighted by molar-refractivity contribution is 5.78. The highest BCUT2D eigenvalue weighted by atomic mass is 19.3. The summed E-state index contributed by atoms with van der Waals surface area (Å²) in [5, 5.41) is 13.1. The smallest absolute Gasteiger partial charge is 0.264 e. The van der Waals surface area contributed by atoms with E-state index in [9.17, 15) is 13.6 Å². The monoisotopic (exact) mass is 632 g/mol. The molecular weight excluding hydrogens is 586 g/mol. The molecule has 2 saturated heterocycles. The molecule has 2 aromatic heterocycles. The SMILES string of the molecule is CC(=O)N1CCc2c(c(N3CCCc4cc(-c5cnn(C)c5)c(C(F)F)cc43)nn2C2CCC3(CCCN(C4CNC4)C3)CC2)C1. The Morgan fingerprint density at radius 3 is 2.57 bits per heavy atom. The number of rotatable bonds is 5. The van der Waals surface area contributed by atoms with E-state index < -0.39 is 6.43 Å². The van der Waals surface area contributed by atoms with Crippen LogP contribution in [0.25, 0.3) is 11.1 Å². The fourth-order valence-electron chi connectivity index (χ4n) is 9.03. The Morgan fingerprint density at radius 2 is 1.87 bits per heavy atom. The zero-order valence-corrected chi connectivity index (χ0v) is 27.1. The molecule has 1 spiro atoms. The molecule has 0 atom stereocenters. The fourth-order valence-corrected chi connectivity index (χ4v) is 9.03. The van der Waals surface area contributed by atoms with Crippen molar-refractivity contribution in [3.8, 4) is 11.1 Å². The lowest BCUT2D eigenvalue weighted by Crippen LogP contribution is -2.61. The Kier molecular flexibility index (Phi) is 7.67. The Hall–Kier alpha value is -3.31. The zero-order chi connectivity index (χ0) is 31.6. The molecule has 0 radical (unpaired) electrons. The Balaban J connectivity index is 1.13. The minimum absolute atomic E-state index is 0.0223. The summed E-state index contributed by atoms with van der Waals surface area (Å²) in [6, 6.07) is 4.67. The second-order valence-corrected chi connectivity index (χ2v) is 14.5. The molecule has 1 N–H and O–H groups in total. The lowest BCUT2D eigenvalue weighted by atomic mass is 9.67. The van der Waals surface area contributed by atoms with Crippen LogP contribution in [0.5, 0.6) is 0 Å². The number of hydrogen-bond donors (Lipinski definition) is 1. The molecule has 5 aliphatic rings. The molecule has 46 heavy (non-hydrogen) atoms.